The number of hydrogen-bond donors (Lipinski definition) is 2. The molecule has 1 aromatic carbocycles. The van der Waals surface area contributed by atoms with E-state index < -0.39 is 11.8 Å². The lowest BCUT2D eigenvalue weighted by atomic mass is 10.1. The molecule has 0 aliphatic rings. The second kappa shape index (κ2) is 7.17. The Morgan fingerprint density at radius 2 is 1.91 bits per heavy atom. The molecule has 1 unspecified atom stereocenters. The SMILES string of the molecule is CCc1ccc(C(C)NC(=O)C(=O)Nc2nc(C)cs2)cc1. The number of carbonyl (C=O) groups is 2. The molecule has 0 aliphatic heterocycles. The van der Waals surface area contributed by atoms with Crippen LogP contribution >= 0.6 is 11.3 Å². The molecule has 1 atom stereocenters. The highest BCUT2D eigenvalue weighted by Gasteiger charge is 2.18. The first-order chi connectivity index (χ1) is 10.5. The van der Waals surface area contributed by atoms with Crippen LogP contribution in [-0.2, 0) is 16.0 Å². The molecule has 2 amide bonds. The highest BCUT2D eigenvalue weighted by Crippen LogP contribution is 2.15. The number of aromatic nitrogens is 1. The Bertz CT molecular complexity index is 664. The molecule has 0 radical (unpaired) electrons. The van der Waals surface area contributed by atoms with Gasteiger partial charge in [-0.15, -0.1) is 11.3 Å². The van der Waals surface area contributed by atoms with Gasteiger partial charge in [-0.3, -0.25) is 14.9 Å². The molecule has 0 spiro atoms. The lowest BCUT2D eigenvalue weighted by molar-refractivity contribution is -0.136. The number of carbonyl (C=O) groups excluding carboxylic acids is 2. The highest BCUT2D eigenvalue weighted by molar-refractivity contribution is 7.14. The van der Waals surface area contributed by atoms with Crippen molar-refractivity contribution < 1.29 is 9.59 Å². The van der Waals surface area contributed by atoms with Gasteiger partial charge in [0.1, 0.15) is 0 Å². The summed E-state index contributed by atoms with van der Waals surface area (Å²) in [5.74, 6) is -1.37. The number of rotatable bonds is 4. The van der Waals surface area contributed by atoms with Crippen molar-refractivity contribution >= 4 is 28.3 Å². The molecule has 2 aromatic rings. The number of nitrogens with one attached hydrogen (secondary N) is 2. The molecule has 1 heterocycles. The minimum atomic E-state index is -0.702. The molecule has 1 aromatic heterocycles. The minimum absolute atomic E-state index is 0.234. The first-order valence-corrected chi connectivity index (χ1v) is 8.00. The summed E-state index contributed by atoms with van der Waals surface area (Å²) < 4.78 is 0. The minimum Gasteiger partial charge on any atom is -0.341 e. The largest absolute Gasteiger partial charge is 0.341 e. The van der Waals surface area contributed by atoms with Gasteiger partial charge in [0.2, 0.25) is 0 Å². The molecule has 0 bridgehead atoms. The predicted molar refractivity (Wildman–Crippen MR) is 87.9 cm³/mol. The average Bonchev–Trinajstić information content (AvgIpc) is 2.92. The van der Waals surface area contributed by atoms with Crippen LogP contribution in [0.15, 0.2) is 29.6 Å². The van der Waals surface area contributed by atoms with Gasteiger partial charge in [0.25, 0.3) is 0 Å². The smallest absolute Gasteiger partial charge is 0.315 e. The van der Waals surface area contributed by atoms with Crippen molar-refractivity contribution in [1.29, 1.82) is 0 Å². The summed E-state index contributed by atoms with van der Waals surface area (Å²) in [5.41, 5.74) is 3.01. The van der Waals surface area contributed by atoms with Crippen LogP contribution in [-0.4, -0.2) is 16.8 Å². The van der Waals surface area contributed by atoms with Crippen molar-refractivity contribution in [3.05, 3.63) is 46.5 Å². The van der Waals surface area contributed by atoms with Gasteiger partial charge in [-0.05, 0) is 31.4 Å². The van der Waals surface area contributed by atoms with Gasteiger partial charge in [-0.2, -0.15) is 0 Å². The zero-order valence-corrected chi connectivity index (χ0v) is 13.7. The van der Waals surface area contributed by atoms with Crippen molar-refractivity contribution in [2.75, 3.05) is 5.32 Å². The lowest BCUT2D eigenvalue weighted by Gasteiger charge is -2.14. The normalized spacial score (nSPS) is 11.8. The van der Waals surface area contributed by atoms with Crippen molar-refractivity contribution in [3.63, 3.8) is 0 Å². The van der Waals surface area contributed by atoms with Crippen molar-refractivity contribution in [3.8, 4) is 0 Å². The summed E-state index contributed by atoms with van der Waals surface area (Å²) in [6.07, 6.45) is 0.969. The Morgan fingerprint density at radius 1 is 1.23 bits per heavy atom. The molecule has 5 nitrogen and oxygen atoms in total. The second-order valence-corrected chi connectivity index (χ2v) is 5.90. The van der Waals surface area contributed by atoms with Crippen LogP contribution in [0.1, 0.15) is 36.7 Å². The van der Waals surface area contributed by atoms with Gasteiger partial charge >= 0.3 is 11.8 Å². The molecule has 2 rings (SSSR count). The van der Waals surface area contributed by atoms with Crippen LogP contribution < -0.4 is 10.6 Å². The fourth-order valence-corrected chi connectivity index (χ4v) is 2.64. The quantitative estimate of drug-likeness (QED) is 0.852. The first-order valence-electron chi connectivity index (χ1n) is 7.12. The second-order valence-electron chi connectivity index (χ2n) is 5.04. The molecule has 2 N–H and O–H groups in total. The van der Waals surface area contributed by atoms with Gasteiger partial charge in [0, 0.05) is 5.38 Å². The predicted octanol–water partition coefficient (Wildman–Crippen LogP) is 2.83. The topological polar surface area (TPSA) is 71.1 Å². The fraction of sp³-hybridized carbons (Fsp3) is 0.312. The third kappa shape index (κ3) is 4.14. The maximum absolute atomic E-state index is 11.9. The van der Waals surface area contributed by atoms with Crippen LogP contribution in [0.2, 0.25) is 0 Å². The monoisotopic (exact) mass is 317 g/mol. The summed E-state index contributed by atoms with van der Waals surface area (Å²) in [5, 5.41) is 7.42. The number of thiazole rings is 1. The van der Waals surface area contributed by atoms with Crippen LogP contribution in [0.5, 0.6) is 0 Å². The zero-order valence-electron chi connectivity index (χ0n) is 12.8. The molecule has 6 heteroatoms. The number of amides is 2. The number of aryl methyl sites for hydroxylation is 2. The number of hydrogen-bond acceptors (Lipinski definition) is 4. The molecule has 0 aliphatic carbocycles. The van der Waals surface area contributed by atoms with Crippen molar-refractivity contribution in [1.82, 2.24) is 10.3 Å². The molecular formula is C16H19N3O2S. The molecule has 22 heavy (non-hydrogen) atoms. The Hall–Kier alpha value is -2.21. The van der Waals surface area contributed by atoms with E-state index >= 15 is 0 Å². The maximum Gasteiger partial charge on any atom is 0.315 e. The van der Waals surface area contributed by atoms with Crippen molar-refractivity contribution in [2.45, 2.75) is 33.2 Å². The third-order valence-corrected chi connectivity index (χ3v) is 4.16. The Morgan fingerprint density at radius 3 is 2.45 bits per heavy atom. The number of anilines is 1. The average molecular weight is 317 g/mol. The van der Waals surface area contributed by atoms with E-state index in [2.05, 4.69) is 22.5 Å². The van der Waals surface area contributed by atoms with Crippen LogP contribution in [0, 0.1) is 6.92 Å². The summed E-state index contributed by atoms with van der Waals surface area (Å²) in [6, 6.07) is 7.74. The summed E-state index contributed by atoms with van der Waals surface area (Å²) in [4.78, 5) is 27.8. The Balaban J connectivity index is 1.93. The fourth-order valence-electron chi connectivity index (χ4n) is 1.95. The summed E-state index contributed by atoms with van der Waals surface area (Å²) in [7, 11) is 0. The molecule has 0 fully saturated rings. The first kappa shape index (κ1) is 16.2. The zero-order chi connectivity index (χ0) is 16.1. The lowest BCUT2D eigenvalue weighted by Crippen LogP contribution is -2.36. The van der Waals surface area contributed by atoms with Gasteiger partial charge in [-0.1, -0.05) is 31.2 Å². The Kier molecular flexibility index (Phi) is 5.27. The molecule has 0 saturated carbocycles. The summed E-state index contributed by atoms with van der Waals surface area (Å²) >= 11 is 1.29. The van der Waals surface area contributed by atoms with E-state index in [1.54, 1.807) is 0 Å². The van der Waals surface area contributed by atoms with E-state index in [9.17, 15) is 9.59 Å². The van der Waals surface area contributed by atoms with E-state index in [-0.39, 0.29) is 6.04 Å². The van der Waals surface area contributed by atoms with Crippen LogP contribution in [0.25, 0.3) is 0 Å². The highest BCUT2D eigenvalue weighted by atomic mass is 32.1. The van der Waals surface area contributed by atoms with E-state index in [0.717, 1.165) is 17.7 Å². The van der Waals surface area contributed by atoms with Crippen molar-refractivity contribution in [2.24, 2.45) is 0 Å². The number of nitrogens with zero attached hydrogens (tertiary/aromatic N) is 1. The molecular weight excluding hydrogens is 298 g/mol. The van der Waals surface area contributed by atoms with Crippen LogP contribution in [0.3, 0.4) is 0 Å². The van der Waals surface area contributed by atoms with Gasteiger partial charge in [0.05, 0.1) is 11.7 Å². The molecule has 0 saturated heterocycles. The van der Waals surface area contributed by atoms with E-state index in [1.165, 1.54) is 16.9 Å². The third-order valence-electron chi connectivity index (χ3n) is 3.28. The molecule has 116 valence electrons. The van der Waals surface area contributed by atoms with Gasteiger partial charge in [0.15, 0.2) is 5.13 Å². The standard InChI is InChI=1S/C16H19N3O2S/c1-4-12-5-7-13(8-6-12)11(3)18-14(20)15(21)19-16-17-10(2)9-22-16/h5-9,11H,4H2,1-3H3,(H,18,20)(H,17,19,21). The number of benzene rings is 1. The Labute approximate surface area is 133 Å². The van der Waals surface area contributed by atoms with E-state index in [4.69, 9.17) is 0 Å². The maximum atomic E-state index is 11.9. The van der Waals surface area contributed by atoms with Crippen LogP contribution in [0.4, 0.5) is 5.13 Å². The van der Waals surface area contributed by atoms with E-state index in [0.29, 0.717) is 5.13 Å². The van der Waals surface area contributed by atoms with E-state index in [1.807, 2.05) is 43.5 Å². The van der Waals surface area contributed by atoms with Gasteiger partial charge < -0.3 is 5.32 Å². The summed E-state index contributed by atoms with van der Waals surface area (Å²) in [6.45, 7) is 5.76. The van der Waals surface area contributed by atoms with Gasteiger partial charge in [-0.25, -0.2) is 4.98 Å².